The molecular formula is C18H20ClN3O2. The van der Waals surface area contributed by atoms with E-state index in [9.17, 15) is 4.79 Å². The van der Waals surface area contributed by atoms with Crippen molar-refractivity contribution in [1.29, 1.82) is 0 Å². The van der Waals surface area contributed by atoms with Gasteiger partial charge in [-0.15, -0.1) is 0 Å². The second-order valence-electron chi connectivity index (χ2n) is 6.07. The van der Waals surface area contributed by atoms with Gasteiger partial charge in [-0.25, -0.2) is 0 Å². The molecule has 0 saturated carbocycles. The van der Waals surface area contributed by atoms with Gasteiger partial charge in [0, 0.05) is 30.5 Å². The molecule has 24 heavy (non-hydrogen) atoms. The average Bonchev–Trinajstić information content (AvgIpc) is 2.98. The van der Waals surface area contributed by atoms with E-state index in [2.05, 4.69) is 11.9 Å². The SMILES string of the molecule is CC1CC(CN)CN1C(=O)c1ccc(Oc2ccncc2)c(Cl)c1. The lowest BCUT2D eigenvalue weighted by Crippen LogP contribution is -2.34. The van der Waals surface area contributed by atoms with Crippen LogP contribution in [0.15, 0.2) is 42.7 Å². The van der Waals surface area contributed by atoms with E-state index in [-0.39, 0.29) is 11.9 Å². The number of rotatable bonds is 4. The summed E-state index contributed by atoms with van der Waals surface area (Å²) in [6.45, 7) is 3.35. The van der Waals surface area contributed by atoms with Crippen LogP contribution in [0.2, 0.25) is 5.02 Å². The zero-order valence-electron chi connectivity index (χ0n) is 13.5. The topological polar surface area (TPSA) is 68.5 Å². The molecule has 1 aromatic carbocycles. The Labute approximate surface area is 146 Å². The number of amides is 1. The van der Waals surface area contributed by atoms with E-state index in [0.717, 1.165) is 6.42 Å². The van der Waals surface area contributed by atoms with Gasteiger partial charge in [-0.3, -0.25) is 9.78 Å². The fraction of sp³-hybridized carbons (Fsp3) is 0.333. The maximum Gasteiger partial charge on any atom is 0.254 e. The van der Waals surface area contributed by atoms with E-state index < -0.39 is 0 Å². The summed E-state index contributed by atoms with van der Waals surface area (Å²) in [5, 5.41) is 0.403. The Morgan fingerprint density at radius 2 is 2.12 bits per heavy atom. The molecule has 6 heteroatoms. The van der Waals surface area contributed by atoms with Gasteiger partial charge in [0.05, 0.1) is 5.02 Å². The minimum absolute atomic E-state index is 0.0178. The van der Waals surface area contributed by atoms with Crippen molar-refractivity contribution in [3.05, 3.63) is 53.3 Å². The van der Waals surface area contributed by atoms with E-state index in [1.54, 1.807) is 42.7 Å². The maximum atomic E-state index is 12.7. The fourth-order valence-corrected chi connectivity index (χ4v) is 3.23. The second-order valence-corrected chi connectivity index (χ2v) is 6.48. The number of halogens is 1. The highest BCUT2D eigenvalue weighted by Crippen LogP contribution is 2.31. The molecule has 2 heterocycles. The van der Waals surface area contributed by atoms with Crippen molar-refractivity contribution < 1.29 is 9.53 Å². The predicted molar refractivity (Wildman–Crippen MR) is 93.4 cm³/mol. The highest BCUT2D eigenvalue weighted by Gasteiger charge is 2.32. The molecule has 5 nitrogen and oxygen atoms in total. The number of carbonyl (C=O) groups excluding carboxylic acids is 1. The van der Waals surface area contributed by atoms with Gasteiger partial charge < -0.3 is 15.4 Å². The number of pyridine rings is 1. The zero-order chi connectivity index (χ0) is 17.1. The van der Waals surface area contributed by atoms with Crippen LogP contribution >= 0.6 is 11.6 Å². The average molecular weight is 346 g/mol. The lowest BCUT2D eigenvalue weighted by Gasteiger charge is -2.22. The molecule has 0 spiro atoms. The first-order chi connectivity index (χ1) is 11.6. The molecule has 1 aliphatic rings. The molecule has 2 N–H and O–H groups in total. The first-order valence-corrected chi connectivity index (χ1v) is 8.34. The van der Waals surface area contributed by atoms with E-state index in [4.69, 9.17) is 22.1 Å². The molecule has 3 rings (SSSR count). The minimum Gasteiger partial charge on any atom is -0.456 e. The van der Waals surface area contributed by atoms with Crippen LogP contribution in [-0.2, 0) is 0 Å². The Kier molecular flexibility index (Phi) is 5.02. The summed E-state index contributed by atoms with van der Waals surface area (Å²) in [6.07, 6.45) is 4.23. The first kappa shape index (κ1) is 16.7. The molecule has 0 aliphatic carbocycles. The normalized spacial score (nSPS) is 20.2. The van der Waals surface area contributed by atoms with Gasteiger partial charge >= 0.3 is 0 Å². The van der Waals surface area contributed by atoms with E-state index in [1.807, 2.05) is 4.90 Å². The maximum absolute atomic E-state index is 12.7. The van der Waals surface area contributed by atoms with E-state index in [0.29, 0.717) is 41.1 Å². The van der Waals surface area contributed by atoms with Gasteiger partial charge in [-0.05, 0) is 56.1 Å². The summed E-state index contributed by atoms with van der Waals surface area (Å²) >= 11 is 6.29. The predicted octanol–water partition coefficient (Wildman–Crippen LogP) is 3.34. The van der Waals surface area contributed by atoms with Crippen molar-refractivity contribution in [2.45, 2.75) is 19.4 Å². The summed E-state index contributed by atoms with van der Waals surface area (Å²) < 4.78 is 5.71. The van der Waals surface area contributed by atoms with Crippen LogP contribution in [0.4, 0.5) is 0 Å². The van der Waals surface area contributed by atoms with Crippen molar-refractivity contribution >= 4 is 17.5 Å². The van der Waals surface area contributed by atoms with Crippen LogP contribution in [0.1, 0.15) is 23.7 Å². The summed E-state index contributed by atoms with van der Waals surface area (Å²) in [5.41, 5.74) is 6.30. The van der Waals surface area contributed by atoms with Crippen LogP contribution in [0.25, 0.3) is 0 Å². The summed E-state index contributed by atoms with van der Waals surface area (Å²) in [7, 11) is 0. The van der Waals surface area contributed by atoms with Crippen molar-refractivity contribution in [3.8, 4) is 11.5 Å². The number of likely N-dealkylation sites (tertiary alicyclic amines) is 1. The molecule has 1 amide bonds. The quantitative estimate of drug-likeness (QED) is 0.922. The van der Waals surface area contributed by atoms with Crippen LogP contribution in [0.5, 0.6) is 11.5 Å². The fourth-order valence-electron chi connectivity index (χ4n) is 3.01. The molecule has 1 fully saturated rings. The molecular weight excluding hydrogens is 326 g/mol. The summed E-state index contributed by atoms with van der Waals surface area (Å²) in [4.78, 5) is 18.5. The smallest absolute Gasteiger partial charge is 0.254 e. The largest absolute Gasteiger partial charge is 0.456 e. The number of hydrogen-bond donors (Lipinski definition) is 1. The van der Waals surface area contributed by atoms with Gasteiger partial charge in [0.15, 0.2) is 0 Å². The van der Waals surface area contributed by atoms with Crippen molar-refractivity contribution in [3.63, 3.8) is 0 Å². The van der Waals surface area contributed by atoms with Gasteiger partial charge in [0.1, 0.15) is 11.5 Å². The third-order valence-corrected chi connectivity index (χ3v) is 4.61. The van der Waals surface area contributed by atoms with Crippen molar-refractivity contribution in [1.82, 2.24) is 9.88 Å². The highest BCUT2D eigenvalue weighted by atomic mass is 35.5. The summed E-state index contributed by atoms with van der Waals surface area (Å²) in [5.74, 6) is 1.50. The third kappa shape index (κ3) is 3.52. The van der Waals surface area contributed by atoms with Gasteiger partial charge in [-0.2, -0.15) is 0 Å². The second kappa shape index (κ2) is 7.20. The van der Waals surface area contributed by atoms with Gasteiger partial charge in [-0.1, -0.05) is 11.6 Å². The molecule has 0 bridgehead atoms. The highest BCUT2D eigenvalue weighted by molar-refractivity contribution is 6.32. The zero-order valence-corrected chi connectivity index (χ0v) is 14.2. The monoisotopic (exact) mass is 345 g/mol. The lowest BCUT2D eigenvalue weighted by atomic mass is 10.1. The third-order valence-electron chi connectivity index (χ3n) is 4.31. The number of nitrogens with two attached hydrogens (primary N) is 1. The minimum atomic E-state index is -0.0178. The molecule has 1 saturated heterocycles. The Hall–Kier alpha value is -2.11. The number of carbonyl (C=O) groups is 1. The number of ether oxygens (including phenoxy) is 1. The van der Waals surface area contributed by atoms with Crippen LogP contribution in [0.3, 0.4) is 0 Å². The van der Waals surface area contributed by atoms with Crippen molar-refractivity contribution in [2.75, 3.05) is 13.1 Å². The van der Waals surface area contributed by atoms with Crippen LogP contribution in [-0.4, -0.2) is 34.9 Å². The van der Waals surface area contributed by atoms with E-state index >= 15 is 0 Å². The standard InChI is InChI=1S/C18H20ClN3O2/c1-12-8-13(10-20)11-22(12)18(23)14-2-3-17(16(19)9-14)24-15-4-6-21-7-5-15/h2-7,9,12-13H,8,10-11,20H2,1H3. The van der Waals surface area contributed by atoms with Gasteiger partial charge in [0.2, 0.25) is 0 Å². The number of aromatic nitrogens is 1. The molecule has 2 unspecified atom stereocenters. The first-order valence-electron chi connectivity index (χ1n) is 7.97. The molecule has 2 aromatic rings. The Morgan fingerprint density at radius 1 is 1.38 bits per heavy atom. The molecule has 2 atom stereocenters. The number of hydrogen-bond acceptors (Lipinski definition) is 4. The Bertz CT molecular complexity index is 723. The van der Waals surface area contributed by atoms with E-state index in [1.165, 1.54) is 0 Å². The van der Waals surface area contributed by atoms with Crippen molar-refractivity contribution in [2.24, 2.45) is 11.7 Å². The number of benzene rings is 1. The summed E-state index contributed by atoms with van der Waals surface area (Å²) in [6, 6.07) is 8.80. The molecule has 126 valence electrons. The molecule has 1 aliphatic heterocycles. The molecule has 1 aromatic heterocycles. The Balaban J connectivity index is 1.76. The Morgan fingerprint density at radius 3 is 2.75 bits per heavy atom. The van der Waals surface area contributed by atoms with Gasteiger partial charge in [0.25, 0.3) is 5.91 Å². The van der Waals surface area contributed by atoms with Crippen LogP contribution in [0, 0.1) is 5.92 Å². The van der Waals surface area contributed by atoms with Crippen LogP contribution < -0.4 is 10.5 Å². The number of nitrogens with zero attached hydrogens (tertiary/aromatic N) is 2. The lowest BCUT2D eigenvalue weighted by molar-refractivity contribution is 0.0743. The molecule has 0 radical (unpaired) electrons.